The third-order valence-corrected chi connectivity index (χ3v) is 3.48. The van der Waals surface area contributed by atoms with Crippen molar-refractivity contribution in [3.8, 4) is 22.8 Å². The van der Waals surface area contributed by atoms with Crippen LogP contribution in [0.4, 0.5) is 5.82 Å². The van der Waals surface area contributed by atoms with Gasteiger partial charge in [-0.2, -0.15) is 0 Å². The third kappa shape index (κ3) is 2.95. The van der Waals surface area contributed by atoms with Gasteiger partial charge in [0.15, 0.2) is 11.5 Å². The van der Waals surface area contributed by atoms with E-state index in [1.165, 1.54) is 7.11 Å². The molecule has 0 radical (unpaired) electrons. The highest BCUT2D eigenvalue weighted by Gasteiger charge is 2.19. The van der Waals surface area contributed by atoms with Crippen LogP contribution in [0.2, 0.25) is 0 Å². The summed E-state index contributed by atoms with van der Waals surface area (Å²) in [4.78, 5) is 4.74. The van der Waals surface area contributed by atoms with E-state index in [9.17, 15) is 5.11 Å². The average molecular weight is 311 g/mol. The number of pyridine rings is 1. The topological polar surface area (TPSA) is 58.8 Å². The normalized spacial score (nSPS) is 11.7. The number of methoxy groups -OCH3 is 1. The number of phenolic OH excluding ortho intramolecular Hbond substituents is 1. The predicted octanol–water partition coefficient (Wildman–Crippen LogP) is 3.93. The van der Waals surface area contributed by atoms with Gasteiger partial charge in [0.2, 0.25) is 0 Å². The van der Waals surface area contributed by atoms with Gasteiger partial charge in [-0.3, -0.25) is 4.40 Å². The number of nitrogens with zero attached hydrogens (tertiary/aromatic N) is 2. The summed E-state index contributed by atoms with van der Waals surface area (Å²) in [5.74, 6) is 1.47. The van der Waals surface area contributed by atoms with Crippen molar-refractivity contribution in [2.45, 2.75) is 26.3 Å². The first kappa shape index (κ1) is 15.2. The zero-order valence-corrected chi connectivity index (χ0v) is 13.8. The lowest BCUT2D eigenvalue weighted by molar-refractivity contribution is 0.373. The van der Waals surface area contributed by atoms with E-state index in [4.69, 9.17) is 9.72 Å². The first-order valence-electron chi connectivity index (χ1n) is 7.52. The van der Waals surface area contributed by atoms with E-state index in [0.717, 1.165) is 22.7 Å². The Bertz CT molecular complexity index is 847. The Kier molecular flexibility index (Phi) is 3.64. The van der Waals surface area contributed by atoms with Crippen molar-refractivity contribution < 1.29 is 9.84 Å². The Labute approximate surface area is 135 Å². The summed E-state index contributed by atoms with van der Waals surface area (Å²) >= 11 is 0. The van der Waals surface area contributed by atoms with Gasteiger partial charge in [-0.05, 0) is 51.1 Å². The number of nitrogens with one attached hydrogen (secondary N) is 1. The molecule has 0 unspecified atom stereocenters. The third-order valence-electron chi connectivity index (χ3n) is 3.48. The maximum Gasteiger partial charge on any atom is 0.161 e. The lowest BCUT2D eigenvalue weighted by Crippen LogP contribution is -2.27. The molecule has 0 atom stereocenters. The molecular weight excluding hydrogens is 290 g/mol. The Morgan fingerprint density at radius 3 is 2.65 bits per heavy atom. The largest absolute Gasteiger partial charge is 0.504 e. The highest BCUT2D eigenvalue weighted by atomic mass is 16.5. The molecule has 3 aromatic rings. The molecule has 5 heteroatoms. The zero-order valence-electron chi connectivity index (χ0n) is 13.8. The fraction of sp³-hybridized carbons (Fsp3) is 0.278. The summed E-state index contributed by atoms with van der Waals surface area (Å²) in [6.07, 6.45) is 1.98. The number of aromatic nitrogens is 2. The van der Waals surface area contributed by atoms with Crippen LogP contribution in [0.5, 0.6) is 11.5 Å². The molecule has 0 aliphatic rings. The second-order valence-electron chi connectivity index (χ2n) is 6.50. The molecule has 0 amide bonds. The molecule has 2 heterocycles. The molecule has 23 heavy (non-hydrogen) atoms. The number of hydrogen-bond donors (Lipinski definition) is 2. The molecule has 3 rings (SSSR count). The van der Waals surface area contributed by atoms with Crippen molar-refractivity contribution in [2.24, 2.45) is 0 Å². The van der Waals surface area contributed by atoms with Crippen LogP contribution in [-0.2, 0) is 0 Å². The molecule has 2 aromatic heterocycles. The van der Waals surface area contributed by atoms with Crippen LogP contribution in [0.3, 0.4) is 0 Å². The number of aromatic hydroxyl groups is 1. The smallest absolute Gasteiger partial charge is 0.161 e. The summed E-state index contributed by atoms with van der Waals surface area (Å²) in [7, 11) is 1.54. The van der Waals surface area contributed by atoms with E-state index in [0.29, 0.717) is 5.75 Å². The van der Waals surface area contributed by atoms with Gasteiger partial charge in [0.05, 0.1) is 7.11 Å². The van der Waals surface area contributed by atoms with Crippen molar-refractivity contribution in [3.05, 3.63) is 42.6 Å². The van der Waals surface area contributed by atoms with Gasteiger partial charge < -0.3 is 15.2 Å². The van der Waals surface area contributed by atoms with Crippen molar-refractivity contribution in [2.75, 3.05) is 12.4 Å². The van der Waals surface area contributed by atoms with Crippen LogP contribution in [-0.4, -0.2) is 27.1 Å². The first-order chi connectivity index (χ1) is 10.9. The fourth-order valence-corrected chi connectivity index (χ4v) is 2.50. The molecule has 0 bridgehead atoms. The molecule has 1 aromatic carbocycles. The minimum absolute atomic E-state index is 0.110. The Hall–Kier alpha value is -2.69. The van der Waals surface area contributed by atoms with Gasteiger partial charge in [-0.1, -0.05) is 6.07 Å². The van der Waals surface area contributed by atoms with Gasteiger partial charge in [-0.25, -0.2) is 4.98 Å². The van der Waals surface area contributed by atoms with E-state index in [1.54, 1.807) is 12.1 Å². The second-order valence-corrected chi connectivity index (χ2v) is 6.50. The number of ether oxygens (including phenoxy) is 1. The van der Waals surface area contributed by atoms with Crippen LogP contribution in [0.15, 0.2) is 42.6 Å². The van der Waals surface area contributed by atoms with Crippen LogP contribution in [0, 0.1) is 0 Å². The molecule has 120 valence electrons. The monoisotopic (exact) mass is 311 g/mol. The van der Waals surface area contributed by atoms with Crippen LogP contribution >= 0.6 is 0 Å². The summed E-state index contributed by atoms with van der Waals surface area (Å²) in [5.41, 5.74) is 2.46. The highest BCUT2D eigenvalue weighted by molar-refractivity contribution is 5.78. The van der Waals surface area contributed by atoms with Gasteiger partial charge in [0, 0.05) is 17.3 Å². The van der Waals surface area contributed by atoms with Crippen LogP contribution in [0.25, 0.3) is 16.9 Å². The highest BCUT2D eigenvalue weighted by Crippen LogP contribution is 2.35. The lowest BCUT2D eigenvalue weighted by atomic mass is 10.1. The number of fused-ring (bicyclic) bond motifs is 1. The Morgan fingerprint density at radius 2 is 1.96 bits per heavy atom. The summed E-state index contributed by atoms with van der Waals surface area (Å²) in [6, 6.07) is 11.2. The minimum Gasteiger partial charge on any atom is -0.504 e. The number of rotatable bonds is 3. The molecule has 0 saturated carbocycles. The van der Waals surface area contributed by atoms with Gasteiger partial charge in [-0.15, -0.1) is 0 Å². The number of anilines is 1. The van der Waals surface area contributed by atoms with Crippen molar-refractivity contribution in [3.63, 3.8) is 0 Å². The van der Waals surface area contributed by atoms with Crippen LogP contribution < -0.4 is 10.1 Å². The SMILES string of the molecule is COc1cc(-c2nc3ccccn3c2NC(C)(C)C)ccc1O. The molecule has 0 saturated heterocycles. The minimum atomic E-state index is -0.110. The standard InChI is InChI=1S/C18H21N3O2/c1-18(2,3)20-17-16(19-15-7-5-6-10-21(15)17)12-8-9-13(22)14(11-12)23-4/h5-11,20,22H,1-4H3. The van der Waals surface area contributed by atoms with E-state index >= 15 is 0 Å². The van der Waals surface area contributed by atoms with Crippen molar-refractivity contribution in [1.29, 1.82) is 0 Å². The van der Waals surface area contributed by atoms with E-state index in [-0.39, 0.29) is 11.3 Å². The molecule has 0 fully saturated rings. The van der Waals surface area contributed by atoms with E-state index in [1.807, 2.05) is 34.9 Å². The predicted molar refractivity (Wildman–Crippen MR) is 92.2 cm³/mol. The number of phenols is 1. The van der Waals surface area contributed by atoms with E-state index < -0.39 is 0 Å². The molecule has 0 aliphatic heterocycles. The summed E-state index contributed by atoms with van der Waals surface area (Å²) in [6.45, 7) is 6.32. The fourth-order valence-electron chi connectivity index (χ4n) is 2.50. The lowest BCUT2D eigenvalue weighted by Gasteiger charge is -2.22. The van der Waals surface area contributed by atoms with Gasteiger partial charge in [0.25, 0.3) is 0 Å². The average Bonchev–Trinajstić information content (AvgIpc) is 2.85. The summed E-state index contributed by atoms with van der Waals surface area (Å²) in [5, 5.41) is 13.3. The van der Waals surface area contributed by atoms with Crippen molar-refractivity contribution >= 4 is 11.5 Å². The van der Waals surface area contributed by atoms with Gasteiger partial charge >= 0.3 is 0 Å². The van der Waals surface area contributed by atoms with E-state index in [2.05, 4.69) is 26.1 Å². The maximum absolute atomic E-state index is 9.81. The molecular formula is C18H21N3O2. The number of benzene rings is 1. The molecule has 5 nitrogen and oxygen atoms in total. The maximum atomic E-state index is 9.81. The zero-order chi connectivity index (χ0) is 16.6. The summed E-state index contributed by atoms with van der Waals surface area (Å²) < 4.78 is 7.24. The molecule has 2 N–H and O–H groups in total. The van der Waals surface area contributed by atoms with Gasteiger partial charge in [0.1, 0.15) is 17.2 Å². The Morgan fingerprint density at radius 1 is 1.17 bits per heavy atom. The van der Waals surface area contributed by atoms with Crippen molar-refractivity contribution in [1.82, 2.24) is 9.38 Å². The molecule has 0 aliphatic carbocycles. The molecule has 0 spiro atoms. The quantitative estimate of drug-likeness (QED) is 0.769. The van der Waals surface area contributed by atoms with Crippen LogP contribution in [0.1, 0.15) is 20.8 Å². The number of imidazole rings is 1. The number of hydrogen-bond acceptors (Lipinski definition) is 4. The second kappa shape index (κ2) is 5.50. The first-order valence-corrected chi connectivity index (χ1v) is 7.52. The Balaban J connectivity index is 2.22.